The van der Waals surface area contributed by atoms with Crippen molar-refractivity contribution in [3.05, 3.63) is 29.6 Å². The number of aryl methyl sites for hydroxylation is 2. The Morgan fingerprint density at radius 2 is 2.26 bits per heavy atom. The fraction of sp³-hybridized carbons (Fsp3) is 0.308. The maximum Gasteiger partial charge on any atom is 0.188 e. The van der Waals surface area contributed by atoms with Gasteiger partial charge in [0.1, 0.15) is 5.82 Å². The van der Waals surface area contributed by atoms with Crippen LogP contribution < -0.4 is 5.73 Å². The number of nitrogen functional groups attached to an aromatic ring is 1. The van der Waals surface area contributed by atoms with Crippen LogP contribution in [0.1, 0.15) is 24.6 Å². The molecule has 19 heavy (non-hydrogen) atoms. The normalized spacial score (nSPS) is 11.3. The van der Waals surface area contributed by atoms with Gasteiger partial charge in [0.25, 0.3) is 0 Å². The summed E-state index contributed by atoms with van der Waals surface area (Å²) in [6, 6.07) is 3.93. The van der Waals surface area contributed by atoms with E-state index < -0.39 is 0 Å². The first kappa shape index (κ1) is 11.7. The van der Waals surface area contributed by atoms with Crippen molar-refractivity contribution in [2.75, 3.05) is 5.73 Å². The first-order valence-corrected chi connectivity index (χ1v) is 6.35. The molecule has 0 unspecified atom stereocenters. The molecule has 3 heterocycles. The van der Waals surface area contributed by atoms with Crippen LogP contribution in [0.3, 0.4) is 0 Å². The van der Waals surface area contributed by atoms with Gasteiger partial charge in [0, 0.05) is 6.20 Å². The first-order chi connectivity index (χ1) is 9.20. The van der Waals surface area contributed by atoms with E-state index >= 15 is 0 Å². The van der Waals surface area contributed by atoms with Gasteiger partial charge in [0.2, 0.25) is 0 Å². The lowest BCUT2D eigenvalue weighted by Crippen LogP contribution is -2.01. The summed E-state index contributed by atoms with van der Waals surface area (Å²) in [6.45, 7) is 4.14. The molecule has 0 amide bonds. The molecule has 0 radical (unpaired) electrons. The predicted octanol–water partition coefficient (Wildman–Crippen LogP) is 1.99. The minimum Gasteiger partial charge on any atom is -0.383 e. The van der Waals surface area contributed by atoms with Crippen LogP contribution in [0.4, 0.5) is 5.82 Å². The van der Waals surface area contributed by atoms with Gasteiger partial charge in [-0.25, -0.2) is 4.98 Å². The number of nitrogens with two attached hydrogens (primary N) is 1. The number of pyridine rings is 1. The number of nitrogens with one attached hydrogen (secondary N) is 1. The Hall–Kier alpha value is -2.37. The molecule has 3 aromatic rings. The van der Waals surface area contributed by atoms with Crippen molar-refractivity contribution in [2.24, 2.45) is 0 Å². The fourth-order valence-corrected chi connectivity index (χ4v) is 2.21. The fourth-order valence-electron chi connectivity index (χ4n) is 2.21. The Kier molecular flexibility index (Phi) is 2.70. The smallest absolute Gasteiger partial charge is 0.188 e. The number of H-pyrrole nitrogens is 1. The van der Waals surface area contributed by atoms with Crippen LogP contribution in [0.15, 0.2) is 18.3 Å². The quantitative estimate of drug-likeness (QED) is 0.750. The predicted molar refractivity (Wildman–Crippen MR) is 74.2 cm³/mol. The van der Waals surface area contributed by atoms with Crippen LogP contribution in [0.5, 0.6) is 0 Å². The summed E-state index contributed by atoms with van der Waals surface area (Å²) in [5.41, 5.74) is 8.77. The Morgan fingerprint density at radius 1 is 1.42 bits per heavy atom. The monoisotopic (exact) mass is 256 g/mol. The van der Waals surface area contributed by atoms with Crippen molar-refractivity contribution < 1.29 is 0 Å². The molecule has 3 N–H and O–H groups in total. The van der Waals surface area contributed by atoms with Gasteiger partial charge >= 0.3 is 0 Å². The molecule has 98 valence electrons. The van der Waals surface area contributed by atoms with Gasteiger partial charge in [-0.3, -0.25) is 5.10 Å². The third kappa shape index (κ3) is 1.85. The molecule has 0 bridgehead atoms. The number of hydrogen-bond donors (Lipinski definition) is 2. The maximum atomic E-state index is 5.94. The lowest BCUT2D eigenvalue weighted by molar-refractivity contribution is 0.793. The van der Waals surface area contributed by atoms with E-state index in [0.29, 0.717) is 5.82 Å². The Morgan fingerprint density at radius 3 is 3.00 bits per heavy atom. The Balaban J connectivity index is 2.24. The van der Waals surface area contributed by atoms with Gasteiger partial charge < -0.3 is 5.73 Å². The number of hydrogen-bond acceptors (Lipinski definition) is 4. The summed E-state index contributed by atoms with van der Waals surface area (Å²) in [6.07, 6.45) is 3.66. The van der Waals surface area contributed by atoms with Crippen LogP contribution in [0.2, 0.25) is 0 Å². The summed E-state index contributed by atoms with van der Waals surface area (Å²) in [7, 11) is 0. The molecule has 0 spiro atoms. The molecule has 0 atom stereocenters. The van der Waals surface area contributed by atoms with Gasteiger partial charge in [0.05, 0.1) is 11.1 Å². The van der Waals surface area contributed by atoms with Crippen LogP contribution in [-0.4, -0.2) is 25.0 Å². The maximum absolute atomic E-state index is 5.94. The molecule has 0 aromatic carbocycles. The largest absolute Gasteiger partial charge is 0.383 e. The summed E-state index contributed by atoms with van der Waals surface area (Å²) in [5.74, 6) is 1.33. The molecule has 0 aliphatic heterocycles. The second kappa shape index (κ2) is 4.38. The van der Waals surface area contributed by atoms with Gasteiger partial charge in [-0.05, 0) is 31.0 Å². The zero-order valence-electron chi connectivity index (χ0n) is 11.0. The molecular formula is C13H16N6. The van der Waals surface area contributed by atoms with Crippen molar-refractivity contribution in [3.63, 3.8) is 0 Å². The van der Waals surface area contributed by atoms with E-state index in [2.05, 4.69) is 27.2 Å². The van der Waals surface area contributed by atoms with Crippen molar-refractivity contribution in [1.82, 2.24) is 25.0 Å². The van der Waals surface area contributed by atoms with E-state index in [1.54, 1.807) is 10.9 Å². The van der Waals surface area contributed by atoms with E-state index in [-0.39, 0.29) is 0 Å². The number of anilines is 1. The van der Waals surface area contributed by atoms with E-state index in [0.717, 1.165) is 41.0 Å². The van der Waals surface area contributed by atoms with Gasteiger partial charge in [0.15, 0.2) is 11.5 Å². The highest BCUT2D eigenvalue weighted by Crippen LogP contribution is 2.25. The third-order valence-corrected chi connectivity index (χ3v) is 3.09. The highest BCUT2D eigenvalue weighted by Gasteiger charge is 2.17. The molecule has 0 fully saturated rings. The standard InChI is InChI=1S/C13H16N6/c1-3-4-9-11-12(14)16-17-13(11)19(18-9)10-7-8(2)5-6-15-10/h5-7H,3-4H2,1-2H3,(H3,14,16,17). The summed E-state index contributed by atoms with van der Waals surface area (Å²) in [4.78, 5) is 4.35. The van der Waals surface area contributed by atoms with E-state index in [1.165, 1.54) is 0 Å². The molecule has 0 saturated heterocycles. The molecular weight excluding hydrogens is 240 g/mol. The zero-order chi connectivity index (χ0) is 13.4. The lowest BCUT2D eigenvalue weighted by Gasteiger charge is -2.01. The number of nitrogens with zero attached hydrogens (tertiary/aromatic N) is 4. The van der Waals surface area contributed by atoms with Crippen molar-refractivity contribution in [2.45, 2.75) is 26.7 Å². The summed E-state index contributed by atoms with van der Waals surface area (Å²) < 4.78 is 1.75. The Labute approximate surface area is 110 Å². The van der Waals surface area contributed by atoms with Crippen LogP contribution >= 0.6 is 0 Å². The van der Waals surface area contributed by atoms with Crippen molar-refractivity contribution >= 4 is 16.9 Å². The second-order valence-corrected chi connectivity index (χ2v) is 4.64. The highest BCUT2D eigenvalue weighted by molar-refractivity contribution is 5.89. The molecule has 0 saturated carbocycles. The molecule has 6 heteroatoms. The van der Waals surface area contributed by atoms with E-state index in [4.69, 9.17) is 5.73 Å². The minimum atomic E-state index is 0.567. The Bertz CT molecular complexity index is 724. The first-order valence-electron chi connectivity index (χ1n) is 6.35. The molecule has 0 aliphatic rings. The van der Waals surface area contributed by atoms with Crippen LogP contribution in [0.25, 0.3) is 16.9 Å². The van der Waals surface area contributed by atoms with E-state index in [9.17, 15) is 0 Å². The van der Waals surface area contributed by atoms with Gasteiger partial charge in [-0.1, -0.05) is 13.3 Å². The lowest BCUT2D eigenvalue weighted by atomic mass is 10.2. The van der Waals surface area contributed by atoms with Crippen LogP contribution in [-0.2, 0) is 6.42 Å². The number of aromatic nitrogens is 5. The van der Waals surface area contributed by atoms with Gasteiger partial charge in [-0.2, -0.15) is 14.9 Å². The summed E-state index contributed by atoms with van der Waals surface area (Å²) >= 11 is 0. The van der Waals surface area contributed by atoms with Crippen molar-refractivity contribution in [3.8, 4) is 5.82 Å². The SMILES string of the molecule is CCCc1nn(-c2cc(C)ccn2)c2n[nH]c(N)c12. The average molecular weight is 256 g/mol. The number of aromatic amines is 1. The second-order valence-electron chi connectivity index (χ2n) is 4.64. The topological polar surface area (TPSA) is 85.4 Å². The minimum absolute atomic E-state index is 0.567. The number of rotatable bonds is 3. The van der Waals surface area contributed by atoms with E-state index in [1.807, 2.05) is 19.1 Å². The molecule has 3 rings (SSSR count). The highest BCUT2D eigenvalue weighted by atomic mass is 15.4. The average Bonchev–Trinajstić information content (AvgIpc) is 2.93. The molecule has 6 nitrogen and oxygen atoms in total. The van der Waals surface area contributed by atoms with Crippen LogP contribution in [0, 0.1) is 6.92 Å². The third-order valence-electron chi connectivity index (χ3n) is 3.09. The number of fused-ring (bicyclic) bond motifs is 1. The molecule has 0 aliphatic carbocycles. The van der Waals surface area contributed by atoms with Gasteiger partial charge in [-0.15, -0.1) is 0 Å². The summed E-state index contributed by atoms with van der Waals surface area (Å²) in [5, 5.41) is 12.6. The van der Waals surface area contributed by atoms with Crippen molar-refractivity contribution in [1.29, 1.82) is 0 Å². The zero-order valence-corrected chi connectivity index (χ0v) is 11.0. The molecule has 3 aromatic heterocycles.